The van der Waals surface area contributed by atoms with Crippen LogP contribution in [0.5, 0.6) is 0 Å². The molecule has 156 valence electrons. The lowest BCUT2D eigenvalue weighted by Gasteiger charge is -2.25. The SMILES string of the molecule is CCC1(c2ccccc2)NC(=O)N(CC(=O)Nc2cc(C(=O)OC)ccc2F)C1=O. The van der Waals surface area contributed by atoms with Gasteiger partial charge < -0.3 is 15.4 Å². The van der Waals surface area contributed by atoms with Crippen LogP contribution in [0.2, 0.25) is 0 Å². The minimum atomic E-state index is -1.27. The third-order valence-electron chi connectivity index (χ3n) is 4.94. The number of halogens is 1. The molecule has 1 heterocycles. The summed E-state index contributed by atoms with van der Waals surface area (Å²) in [6.07, 6.45) is 0.287. The van der Waals surface area contributed by atoms with Crippen LogP contribution in [0.3, 0.4) is 0 Å². The van der Waals surface area contributed by atoms with Crippen molar-refractivity contribution >= 4 is 29.5 Å². The minimum absolute atomic E-state index is 0.0401. The molecule has 1 aliphatic heterocycles. The molecule has 0 spiro atoms. The fourth-order valence-electron chi connectivity index (χ4n) is 3.33. The summed E-state index contributed by atoms with van der Waals surface area (Å²) in [4.78, 5) is 50.3. The molecule has 0 aliphatic carbocycles. The maximum atomic E-state index is 14.0. The molecular weight excluding hydrogens is 393 g/mol. The Balaban J connectivity index is 1.78. The van der Waals surface area contributed by atoms with Gasteiger partial charge in [0.2, 0.25) is 5.91 Å². The summed E-state index contributed by atoms with van der Waals surface area (Å²) >= 11 is 0. The van der Waals surface area contributed by atoms with Crippen LogP contribution < -0.4 is 10.6 Å². The summed E-state index contributed by atoms with van der Waals surface area (Å²) in [6.45, 7) is 1.14. The molecule has 2 aromatic carbocycles. The number of benzene rings is 2. The highest BCUT2D eigenvalue weighted by Crippen LogP contribution is 2.32. The van der Waals surface area contributed by atoms with Crippen LogP contribution in [0.15, 0.2) is 48.5 Å². The molecule has 30 heavy (non-hydrogen) atoms. The number of anilines is 1. The topological polar surface area (TPSA) is 105 Å². The number of imide groups is 1. The monoisotopic (exact) mass is 413 g/mol. The Morgan fingerprint density at radius 1 is 1.17 bits per heavy atom. The lowest BCUT2D eigenvalue weighted by molar-refractivity contribution is -0.134. The van der Waals surface area contributed by atoms with Gasteiger partial charge in [0.1, 0.15) is 17.9 Å². The van der Waals surface area contributed by atoms with Crippen molar-refractivity contribution in [1.29, 1.82) is 0 Å². The van der Waals surface area contributed by atoms with Crippen molar-refractivity contribution < 1.29 is 28.3 Å². The van der Waals surface area contributed by atoms with E-state index < -0.39 is 41.7 Å². The molecule has 0 saturated carbocycles. The van der Waals surface area contributed by atoms with E-state index in [1.165, 1.54) is 13.2 Å². The highest BCUT2D eigenvalue weighted by atomic mass is 19.1. The van der Waals surface area contributed by atoms with Crippen molar-refractivity contribution in [3.05, 3.63) is 65.5 Å². The molecule has 0 radical (unpaired) electrons. The maximum absolute atomic E-state index is 14.0. The normalized spacial score (nSPS) is 18.2. The molecule has 9 heteroatoms. The van der Waals surface area contributed by atoms with E-state index in [0.717, 1.165) is 17.0 Å². The number of esters is 1. The number of hydrogen-bond acceptors (Lipinski definition) is 5. The fourth-order valence-corrected chi connectivity index (χ4v) is 3.33. The van der Waals surface area contributed by atoms with Gasteiger partial charge in [0, 0.05) is 0 Å². The Labute approximate surface area is 172 Å². The van der Waals surface area contributed by atoms with E-state index in [1.807, 2.05) is 0 Å². The molecule has 1 atom stereocenters. The molecule has 1 saturated heterocycles. The van der Waals surface area contributed by atoms with Gasteiger partial charge in [0.15, 0.2) is 0 Å². The molecule has 4 amide bonds. The molecule has 1 aliphatic rings. The fraction of sp³-hybridized carbons (Fsp3) is 0.238. The van der Waals surface area contributed by atoms with Gasteiger partial charge in [0.25, 0.3) is 5.91 Å². The smallest absolute Gasteiger partial charge is 0.337 e. The lowest BCUT2D eigenvalue weighted by atomic mass is 9.87. The average molecular weight is 413 g/mol. The second kappa shape index (κ2) is 8.32. The lowest BCUT2D eigenvalue weighted by Crippen LogP contribution is -2.44. The van der Waals surface area contributed by atoms with Gasteiger partial charge in [-0.05, 0) is 30.2 Å². The standard InChI is InChI=1S/C21H20FN3O5/c1-3-21(14-7-5-4-6-8-14)19(28)25(20(29)24-21)12-17(26)23-16-11-13(18(27)30-2)9-10-15(16)22/h4-11H,3,12H2,1-2H3,(H,23,26)(H,24,29). The molecule has 2 aromatic rings. The van der Waals surface area contributed by atoms with Crippen LogP contribution >= 0.6 is 0 Å². The first-order valence-electron chi connectivity index (χ1n) is 9.19. The van der Waals surface area contributed by atoms with Gasteiger partial charge in [-0.3, -0.25) is 14.5 Å². The number of hydrogen-bond donors (Lipinski definition) is 2. The summed E-state index contributed by atoms with van der Waals surface area (Å²) in [6, 6.07) is 11.3. The van der Waals surface area contributed by atoms with Crippen LogP contribution in [0.25, 0.3) is 0 Å². The van der Waals surface area contributed by atoms with E-state index in [1.54, 1.807) is 37.3 Å². The first kappa shape index (κ1) is 21.0. The van der Waals surface area contributed by atoms with Gasteiger partial charge in [0.05, 0.1) is 18.4 Å². The van der Waals surface area contributed by atoms with E-state index in [9.17, 15) is 23.6 Å². The minimum Gasteiger partial charge on any atom is -0.465 e. The number of methoxy groups -OCH3 is 1. The molecule has 0 aromatic heterocycles. The predicted octanol–water partition coefficient (Wildman–Crippen LogP) is 2.41. The quantitative estimate of drug-likeness (QED) is 0.559. The van der Waals surface area contributed by atoms with Gasteiger partial charge in [-0.2, -0.15) is 0 Å². The summed E-state index contributed by atoms with van der Waals surface area (Å²) in [5, 5.41) is 4.95. The van der Waals surface area contributed by atoms with Crippen molar-refractivity contribution in [2.45, 2.75) is 18.9 Å². The first-order valence-corrected chi connectivity index (χ1v) is 9.19. The number of carbonyl (C=O) groups excluding carboxylic acids is 4. The molecule has 8 nitrogen and oxygen atoms in total. The Kier molecular flexibility index (Phi) is 5.81. The zero-order valence-corrected chi connectivity index (χ0v) is 16.4. The van der Waals surface area contributed by atoms with Crippen LogP contribution in [0.1, 0.15) is 29.3 Å². The van der Waals surface area contributed by atoms with Crippen LogP contribution in [-0.4, -0.2) is 42.4 Å². The van der Waals surface area contributed by atoms with Gasteiger partial charge >= 0.3 is 12.0 Å². The Morgan fingerprint density at radius 3 is 2.50 bits per heavy atom. The van der Waals surface area contributed by atoms with Gasteiger partial charge in [-0.25, -0.2) is 14.0 Å². The second-order valence-electron chi connectivity index (χ2n) is 6.68. The Bertz CT molecular complexity index is 1010. The Morgan fingerprint density at radius 2 is 1.87 bits per heavy atom. The average Bonchev–Trinajstić information content (AvgIpc) is 3.00. The second-order valence-corrected chi connectivity index (χ2v) is 6.68. The number of amides is 4. The van der Waals surface area contributed by atoms with E-state index in [0.29, 0.717) is 5.56 Å². The third-order valence-corrected chi connectivity index (χ3v) is 4.94. The first-order chi connectivity index (χ1) is 14.3. The molecule has 1 unspecified atom stereocenters. The molecule has 2 N–H and O–H groups in total. The van der Waals surface area contributed by atoms with Crippen molar-refractivity contribution in [3.8, 4) is 0 Å². The van der Waals surface area contributed by atoms with E-state index in [4.69, 9.17) is 0 Å². The van der Waals surface area contributed by atoms with Crippen LogP contribution in [-0.2, 0) is 19.9 Å². The highest BCUT2D eigenvalue weighted by molar-refractivity contribution is 6.10. The van der Waals surface area contributed by atoms with Crippen LogP contribution in [0, 0.1) is 5.82 Å². The Hall–Kier alpha value is -3.75. The van der Waals surface area contributed by atoms with E-state index in [-0.39, 0.29) is 17.7 Å². The predicted molar refractivity (Wildman–Crippen MR) is 105 cm³/mol. The number of rotatable bonds is 6. The summed E-state index contributed by atoms with van der Waals surface area (Å²) in [7, 11) is 1.17. The number of nitrogens with zero attached hydrogens (tertiary/aromatic N) is 1. The molecule has 1 fully saturated rings. The summed E-state index contributed by atoms with van der Waals surface area (Å²) < 4.78 is 18.6. The number of carbonyl (C=O) groups is 4. The van der Waals surface area contributed by atoms with Crippen molar-refractivity contribution in [3.63, 3.8) is 0 Å². The zero-order valence-electron chi connectivity index (χ0n) is 16.4. The maximum Gasteiger partial charge on any atom is 0.337 e. The number of ether oxygens (including phenoxy) is 1. The van der Waals surface area contributed by atoms with E-state index in [2.05, 4.69) is 15.4 Å². The van der Waals surface area contributed by atoms with Crippen molar-refractivity contribution in [2.24, 2.45) is 0 Å². The number of urea groups is 1. The van der Waals surface area contributed by atoms with E-state index >= 15 is 0 Å². The van der Waals surface area contributed by atoms with Gasteiger partial charge in [-0.15, -0.1) is 0 Å². The summed E-state index contributed by atoms with van der Waals surface area (Å²) in [5.41, 5.74) is -0.891. The highest BCUT2D eigenvalue weighted by Gasteiger charge is 2.51. The molecule has 0 bridgehead atoms. The number of nitrogens with one attached hydrogen (secondary N) is 2. The van der Waals surface area contributed by atoms with Crippen LogP contribution in [0.4, 0.5) is 14.9 Å². The zero-order chi connectivity index (χ0) is 21.9. The molecule has 3 rings (SSSR count). The van der Waals surface area contributed by atoms with Gasteiger partial charge in [-0.1, -0.05) is 37.3 Å². The molecular formula is C21H20FN3O5. The largest absolute Gasteiger partial charge is 0.465 e. The third kappa shape index (κ3) is 3.73. The summed E-state index contributed by atoms with van der Waals surface area (Å²) in [5.74, 6) is -2.84. The van der Waals surface area contributed by atoms with Crippen molar-refractivity contribution in [1.82, 2.24) is 10.2 Å². The van der Waals surface area contributed by atoms with Crippen molar-refractivity contribution in [2.75, 3.05) is 19.0 Å².